The molecular formula is C12H16F3N3O. The quantitative estimate of drug-likeness (QED) is 0.830. The molecule has 0 fully saturated rings. The van der Waals surface area contributed by atoms with E-state index in [-0.39, 0.29) is 17.6 Å². The zero-order valence-corrected chi connectivity index (χ0v) is 10.9. The van der Waals surface area contributed by atoms with Crippen LogP contribution in [0.3, 0.4) is 0 Å². The molecular weight excluding hydrogens is 259 g/mol. The zero-order valence-electron chi connectivity index (χ0n) is 10.9. The Bertz CT molecular complexity index is 478. The Labute approximate surface area is 109 Å². The summed E-state index contributed by atoms with van der Waals surface area (Å²) in [5.41, 5.74) is 3.66. The van der Waals surface area contributed by atoms with E-state index in [0.29, 0.717) is 0 Å². The minimum atomic E-state index is -4.62. The van der Waals surface area contributed by atoms with Crippen molar-refractivity contribution in [1.82, 2.24) is 10.3 Å². The van der Waals surface area contributed by atoms with Gasteiger partial charge in [-0.1, -0.05) is 0 Å². The van der Waals surface area contributed by atoms with Crippen molar-refractivity contribution in [2.24, 2.45) is 0 Å². The molecule has 0 saturated heterocycles. The van der Waals surface area contributed by atoms with Crippen LogP contribution in [0, 0.1) is 0 Å². The number of nitrogen functional groups attached to an aromatic ring is 1. The molecule has 4 nitrogen and oxygen atoms in total. The van der Waals surface area contributed by atoms with Gasteiger partial charge < -0.3 is 11.1 Å². The van der Waals surface area contributed by atoms with E-state index in [1.807, 2.05) is 20.8 Å². The van der Waals surface area contributed by atoms with Crippen molar-refractivity contribution >= 4 is 11.6 Å². The van der Waals surface area contributed by atoms with Crippen molar-refractivity contribution in [2.45, 2.75) is 32.5 Å². The fourth-order valence-corrected chi connectivity index (χ4v) is 1.30. The average molecular weight is 275 g/mol. The van der Waals surface area contributed by atoms with Gasteiger partial charge in [-0.15, -0.1) is 0 Å². The molecule has 0 aromatic carbocycles. The molecule has 106 valence electrons. The summed E-state index contributed by atoms with van der Waals surface area (Å²) in [5, 5.41) is 2.90. The molecule has 7 heteroatoms. The SMILES string of the molecule is CC(C)(C)NCC(=O)c1cnc(N)c(C(F)(F)F)c1. The van der Waals surface area contributed by atoms with Crippen LogP contribution < -0.4 is 11.1 Å². The van der Waals surface area contributed by atoms with E-state index in [9.17, 15) is 18.0 Å². The number of hydrogen-bond donors (Lipinski definition) is 2. The normalized spacial score (nSPS) is 12.5. The smallest absolute Gasteiger partial charge is 0.383 e. The lowest BCUT2D eigenvalue weighted by atomic mass is 10.1. The lowest BCUT2D eigenvalue weighted by Gasteiger charge is -2.20. The topological polar surface area (TPSA) is 68.0 Å². The summed E-state index contributed by atoms with van der Waals surface area (Å²) in [6.07, 6.45) is -3.57. The van der Waals surface area contributed by atoms with Crippen molar-refractivity contribution in [1.29, 1.82) is 0 Å². The predicted octanol–water partition coefficient (Wildman–Crippen LogP) is 2.25. The Morgan fingerprint density at radius 2 is 1.95 bits per heavy atom. The number of aromatic nitrogens is 1. The molecule has 0 aliphatic heterocycles. The Kier molecular flexibility index (Phi) is 4.19. The van der Waals surface area contributed by atoms with E-state index >= 15 is 0 Å². The Balaban J connectivity index is 2.94. The molecule has 19 heavy (non-hydrogen) atoms. The van der Waals surface area contributed by atoms with Crippen LogP contribution in [0.25, 0.3) is 0 Å². The lowest BCUT2D eigenvalue weighted by molar-refractivity contribution is -0.137. The molecule has 3 N–H and O–H groups in total. The van der Waals surface area contributed by atoms with Crippen molar-refractivity contribution < 1.29 is 18.0 Å². The fraction of sp³-hybridized carbons (Fsp3) is 0.500. The number of halogens is 3. The number of carbonyl (C=O) groups excluding carboxylic acids is 1. The number of pyridine rings is 1. The van der Waals surface area contributed by atoms with Gasteiger partial charge in [-0.25, -0.2) is 4.98 Å². The van der Waals surface area contributed by atoms with E-state index in [1.54, 1.807) is 0 Å². The summed E-state index contributed by atoms with van der Waals surface area (Å²) in [6.45, 7) is 5.49. The van der Waals surface area contributed by atoms with Gasteiger partial charge in [0.25, 0.3) is 0 Å². The van der Waals surface area contributed by atoms with Gasteiger partial charge in [0.1, 0.15) is 5.82 Å². The van der Waals surface area contributed by atoms with Crippen molar-refractivity contribution in [3.8, 4) is 0 Å². The van der Waals surface area contributed by atoms with E-state index in [2.05, 4.69) is 10.3 Å². The molecule has 1 aromatic rings. The minimum absolute atomic E-state index is 0.0631. The van der Waals surface area contributed by atoms with Crippen LogP contribution in [0.15, 0.2) is 12.3 Å². The molecule has 0 radical (unpaired) electrons. The highest BCUT2D eigenvalue weighted by atomic mass is 19.4. The molecule has 0 unspecified atom stereocenters. The summed E-state index contributed by atoms with van der Waals surface area (Å²) in [6, 6.07) is 0.731. The number of rotatable bonds is 3. The molecule has 0 spiro atoms. The average Bonchev–Trinajstić information content (AvgIpc) is 2.24. The van der Waals surface area contributed by atoms with Gasteiger partial charge in [0.2, 0.25) is 0 Å². The van der Waals surface area contributed by atoms with Gasteiger partial charge in [-0.3, -0.25) is 4.79 Å². The van der Waals surface area contributed by atoms with Gasteiger partial charge in [-0.05, 0) is 26.8 Å². The summed E-state index contributed by atoms with van der Waals surface area (Å²) in [4.78, 5) is 15.2. The van der Waals surface area contributed by atoms with E-state index in [4.69, 9.17) is 5.73 Å². The van der Waals surface area contributed by atoms with Crippen LogP contribution in [0.5, 0.6) is 0 Å². The van der Waals surface area contributed by atoms with Crippen molar-refractivity contribution in [3.63, 3.8) is 0 Å². The number of ketones is 1. The molecule has 1 aromatic heterocycles. The lowest BCUT2D eigenvalue weighted by Crippen LogP contribution is -2.39. The van der Waals surface area contributed by atoms with Crippen molar-refractivity contribution in [3.05, 3.63) is 23.4 Å². The second-order valence-corrected chi connectivity index (χ2v) is 5.18. The van der Waals surface area contributed by atoms with Crippen LogP contribution >= 0.6 is 0 Å². The number of nitrogens with one attached hydrogen (secondary N) is 1. The fourth-order valence-electron chi connectivity index (χ4n) is 1.30. The van der Waals surface area contributed by atoms with Gasteiger partial charge in [0.05, 0.1) is 12.1 Å². The molecule has 0 saturated carbocycles. The molecule has 1 heterocycles. The first-order valence-corrected chi connectivity index (χ1v) is 5.61. The predicted molar refractivity (Wildman–Crippen MR) is 65.7 cm³/mol. The van der Waals surface area contributed by atoms with Crippen LogP contribution in [0.4, 0.5) is 19.0 Å². The van der Waals surface area contributed by atoms with Gasteiger partial charge in [0, 0.05) is 17.3 Å². The van der Waals surface area contributed by atoms with Crippen LogP contribution in [0.2, 0.25) is 0 Å². The molecule has 0 amide bonds. The van der Waals surface area contributed by atoms with Gasteiger partial charge in [-0.2, -0.15) is 13.2 Å². The monoisotopic (exact) mass is 275 g/mol. The van der Waals surface area contributed by atoms with Gasteiger partial charge in [0.15, 0.2) is 5.78 Å². The van der Waals surface area contributed by atoms with E-state index in [0.717, 1.165) is 12.3 Å². The first-order valence-electron chi connectivity index (χ1n) is 5.61. The maximum absolute atomic E-state index is 12.6. The largest absolute Gasteiger partial charge is 0.419 e. The number of alkyl halides is 3. The van der Waals surface area contributed by atoms with Crippen LogP contribution in [0.1, 0.15) is 36.7 Å². The molecule has 0 aliphatic carbocycles. The Morgan fingerprint density at radius 3 is 2.42 bits per heavy atom. The molecule has 0 aliphatic rings. The van der Waals surface area contributed by atoms with Gasteiger partial charge >= 0.3 is 6.18 Å². The highest BCUT2D eigenvalue weighted by Gasteiger charge is 2.34. The highest BCUT2D eigenvalue weighted by Crippen LogP contribution is 2.32. The Hall–Kier alpha value is -1.63. The number of nitrogens with two attached hydrogens (primary N) is 1. The molecule has 0 bridgehead atoms. The summed E-state index contributed by atoms with van der Waals surface area (Å²) >= 11 is 0. The maximum Gasteiger partial charge on any atom is 0.419 e. The zero-order chi connectivity index (χ0) is 14.8. The first-order chi connectivity index (χ1) is 8.50. The summed E-state index contributed by atoms with van der Waals surface area (Å²) in [5.74, 6) is -1.10. The third-order valence-corrected chi connectivity index (χ3v) is 2.33. The highest BCUT2D eigenvalue weighted by molar-refractivity contribution is 5.97. The Morgan fingerprint density at radius 1 is 1.37 bits per heavy atom. The second kappa shape index (κ2) is 5.16. The third-order valence-electron chi connectivity index (χ3n) is 2.33. The number of Topliss-reactive ketones (excluding diaryl/α,β-unsaturated/α-hetero) is 1. The number of nitrogens with zero attached hydrogens (tertiary/aromatic N) is 1. The third kappa shape index (κ3) is 4.51. The number of anilines is 1. The second-order valence-electron chi connectivity index (χ2n) is 5.18. The van der Waals surface area contributed by atoms with E-state index < -0.39 is 23.3 Å². The molecule has 1 rings (SSSR count). The number of hydrogen-bond acceptors (Lipinski definition) is 4. The standard InChI is InChI=1S/C12H16F3N3O/c1-11(2,3)18-6-9(19)7-4-8(12(13,14)15)10(16)17-5-7/h4-5,18H,6H2,1-3H3,(H2,16,17). The summed E-state index contributed by atoms with van der Waals surface area (Å²) in [7, 11) is 0. The summed E-state index contributed by atoms with van der Waals surface area (Å²) < 4.78 is 37.9. The van der Waals surface area contributed by atoms with E-state index in [1.165, 1.54) is 0 Å². The minimum Gasteiger partial charge on any atom is -0.383 e. The van der Waals surface area contributed by atoms with Crippen LogP contribution in [-0.2, 0) is 6.18 Å². The maximum atomic E-state index is 12.6. The van der Waals surface area contributed by atoms with Crippen LogP contribution in [-0.4, -0.2) is 22.9 Å². The molecule has 0 atom stereocenters. The first kappa shape index (κ1) is 15.4. The van der Waals surface area contributed by atoms with Crippen molar-refractivity contribution in [2.75, 3.05) is 12.3 Å². The number of carbonyl (C=O) groups is 1.